The van der Waals surface area contributed by atoms with Crippen LogP contribution in [0.5, 0.6) is 5.75 Å². The summed E-state index contributed by atoms with van der Waals surface area (Å²) in [6, 6.07) is 9.91. The lowest BCUT2D eigenvalue weighted by Crippen LogP contribution is -2.47. The molecule has 0 radical (unpaired) electrons. The summed E-state index contributed by atoms with van der Waals surface area (Å²) in [5, 5.41) is 3.13. The van der Waals surface area contributed by atoms with E-state index < -0.39 is 11.4 Å². The molecule has 8 nitrogen and oxygen atoms in total. The van der Waals surface area contributed by atoms with E-state index in [1.54, 1.807) is 16.7 Å². The highest BCUT2D eigenvalue weighted by Gasteiger charge is 2.29. The topological polar surface area (TPSA) is 95.2 Å². The highest BCUT2D eigenvalue weighted by Crippen LogP contribution is 2.30. The molecule has 0 spiro atoms. The first-order valence-electron chi connectivity index (χ1n) is 12.4. The molecule has 1 saturated carbocycles. The number of carbonyl (C=O) groups excluding carboxylic acids is 1. The normalized spacial score (nSPS) is 20.8. The highest BCUT2D eigenvalue weighted by atomic mass is 32.2. The maximum Gasteiger partial charge on any atom is 0.333 e. The first-order chi connectivity index (χ1) is 17.5. The van der Waals surface area contributed by atoms with Crippen molar-refractivity contribution in [1.29, 1.82) is 0 Å². The molecular weight excluding hydrogens is 483 g/mol. The summed E-state index contributed by atoms with van der Waals surface area (Å²) in [5.41, 5.74) is -0.599. The first-order valence-corrected chi connectivity index (χ1v) is 13.5. The smallest absolute Gasteiger partial charge is 0.333 e. The van der Waals surface area contributed by atoms with Gasteiger partial charge in [0.1, 0.15) is 17.2 Å². The lowest BCUT2D eigenvalue weighted by atomic mass is 9.91. The molecular formula is C26H29FN4O4S. The van der Waals surface area contributed by atoms with Crippen LogP contribution in [0.4, 0.5) is 4.39 Å². The molecule has 2 aromatic heterocycles. The largest absolute Gasteiger partial charge is 0.484 e. The molecule has 1 aromatic carbocycles. The predicted octanol–water partition coefficient (Wildman–Crippen LogP) is 3.44. The summed E-state index contributed by atoms with van der Waals surface area (Å²) < 4.78 is 22.5. The van der Waals surface area contributed by atoms with Crippen molar-refractivity contribution in [2.45, 2.75) is 56.7 Å². The van der Waals surface area contributed by atoms with Crippen LogP contribution in [0.15, 0.2) is 52.2 Å². The van der Waals surface area contributed by atoms with Gasteiger partial charge in [0.15, 0.2) is 6.61 Å². The van der Waals surface area contributed by atoms with Crippen molar-refractivity contribution in [2.75, 3.05) is 18.1 Å². The summed E-state index contributed by atoms with van der Waals surface area (Å²) in [6.45, 7) is -0.0724. The number of aromatic nitrogens is 3. The Labute approximate surface area is 211 Å². The predicted molar refractivity (Wildman–Crippen MR) is 137 cm³/mol. The molecule has 10 heteroatoms. The van der Waals surface area contributed by atoms with Gasteiger partial charge in [-0.1, -0.05) is 18.2 Å². The van der Waals surface area contributed by atoms with Gasteiger partial charge < -0.3 is 10.1 Å². The molecule has 36 heavy (non-hydrogen) atoms. The van der Waals surface area contributed by atoms with Crippen molar-refractivity contribution in [3.63, 3.8) is 0 Å². The van der Waals surface area contributed by atoms with Gasteiger partial charge in [-0.3, -0.25) is 18.7 Å². The number of fused-ring (bicyclic) bond motifs is 1. The molecule has 5 rings (SSSR count). The number of nitrogens with zero attached hydrogens (tertiary/aromatic N) is 3. The van der Waals surface area contributed by atoms with Gasteiger partial charge in [0.25, 0.3) is 11.5 Å². The Morgan fingerprint density at radius 2 is 1.72 bits per heavy atom. The van der Waals surface area contributed by atoms with Gasteiger partial charge in [-0.05, 0) is 68.2 Å². The molecule has 190 valence electrons. The maximum absolute atomic E-state index is 14.1. The number of para-hydroxylation sites is 1. The second kappa shape index (κ2) is 10.9. The van der Waals surface area contributed by atoms with E-state index in [4.69, 9.17) is 4.74 Å². The number of amides is 1. The fourth-order valence-electron chi connectivity index (χ4n) is 5.21. The molecule has 0 bridgehead atoms. The van der Waals surface area contributed by atoms with E-state index in [0.29, 0.717) is 31.4 Å². The van der Waals surface area contributed by atoms with Crippen LogP contribution in [0.25, 0.3) is 11.0 Å². The fraction of sp³-hybridized carbons (Fsp3) is 0.462. The molecule has 1 saturated heterocycles. The molecule has 2 aliphatic rings. The van der Waals surface area contributed by atoms with Crippen molar-refractivity contribution in [1.82, 2.24) is 19.4 Å². The number of carbonyl (C=O) groups is 1. The van der Waals surface area contributed by atoms with E-state index in [2.05, 4.69) is 10.3 Å². The molecule has 1 aliphatic heterocycles. The molecule has 1 amide bonds. The minimum absolute atomic E-state index is 0.0546. The van der Waals surface area contributed by atoms with E-state index in [1.165, 1.54) is 10.6 Å². The van der Waals surface area contributed by atoms with Crippen molar-refractivity contribution in [2.24, 2.45) is 0 Å². The number of pyridine rings is 1. The van der Waals surface area contributed by atoms with Crippen molar-refractivity contribution in [3.05, 3.63) is 69.3 Å². The van der Waals surface area contributed by atoms with Crippen LogP contribution in [0, 0.1) is 5.82 Å². The Hall–Kier alpha value is -3.14. The number of benzene rings is 1. The number of thioether (sulfide) groups is 1. The van der Waals surface area contributed by atoms with Crippen molar-refractivity contribution in [3.8, 4) is 5.75 Å². The van der Waals surface area contributed by atoms with Gasteiger partial charge in [0.2, 0.25) is 0 Å². The van der Waals surface area contributed by atoms with Crippen LogP contribution in [0.1, 0.15) is 50.6 Å². The SMILES string of the molecule is O=C(COc1ccccc1)NC1CCC(n2c(=O)c3cc(F)cnc3n(C3CCSCC3)c2=O)CC1. The fourth-order valence-corrected chi connectivity index (χ4v) is 6.29. The van der Waals surface area contributed by atoms with Gasteiger partial charge >= 0.3 is 5.69 Å². The summed E-state index contributed by atoms with van der Waals surface area (Å²) in [6.07, 6.45) is 5.07. The minimum atomic E-state index is -0.598. The monoisotopic (exact) mass is 512 g/mol. The molecule has 0 unspecified atom stereocenters. The second-order valence-corrected chi connectivity index (χ2v) is 10.6. The van der Waals surface area contributed by atoms with Crippen LogP contribution in [-0.2, 0) is 4.79 Å². The Morgan fingerprint density at radius 3 is 2.44 bits per heavy atom. The Balaban J connectivity index is 1.33. The number of nitrogens with one attached hydrogen (secondary N) is 1. The molecule has 1 aliphatic carbocycles. The maximum atomic E-state index is 14.1. The van der Waals surface area contributed by atoms with Gasteiger partial charge in [0.05, 0.1) is 11.6 Å². The third kappa shape index (κ3) is 5.18. The van der Waals surface area contributed by atoms with Crippen molar-refractivity contribution < 1.29 is 13.9 Å². The Kier molecular flexibility index (Phi) is 7.41. The van der Waals surface area contributed by atoms with E-state index in [0.717, 1.165) is 30.5 Å². The average Bonchev–Trinajstić information content (AvgIpc) is 2.90. The number of rotatable bonds is 6. The quantitative estimate of drug-likeness (QED) is 0.544. The number of hydrogen-bond donors (Lipinski definition) is 1. The zero-order valence-corrected chi connectivity index (χ0v) is 20.7. The van der Waals surface area contributed by atoms with Crippen LogP contribution >= 0.6 is 11.8 Å². The number of hydrogen-bond acceptors (Lipinski definition) is 6. The molecule has 2 fully saturated rings. The lowest BCUT2D eigenvalue weighted by molar-refractivity contribution is -0.124. The van der Waals surface area contributed by atoms with Crippen LogP contribution < -0.4 is 21.3 Å². The van der Waals surface area contributed by atoms with Crippen LogP contribution in [0.2, 0.25) is 0 Å². The Bertz CT molecular complexity index is 1350. The van der Waals surface area contributed by atoms with E-state index in [9.17, 15) is 18.8 Å². The molecule has 1 N–H and O–H groups in total. The van der Waals surface area contributed by atoms with Gasteiger partial charge in [0, 0.05) is 18.1 Å². The zero-order chi connectivity index (χ0) is 25.1. The highest BCUT2D eigenvalue weighted by molar-refractivity contribution is 7.99. The van der Waals surface area contributed by atoms with Crippen LogP contribution in [-0.4, -0.2) is 44.2 Å². The zero-order valence-electron chi connectivity index (χ0n) is 19.9. The average molecular weight is 513 g/mol. The van der Waals surface area contributed by atoms with Crippen LogP contribution in [0.3, 0.4) is 0 Å². The molecule has 3 heterocycles. The summed E-state index contributed by atoms with van der Waals surface area (Å²) in [5.74, 6) is 1.69. The third-order valence-electron chi connectivity index (χ3n) is 7.02. The van der Waals surface area contributed by atoms with Gasteiger partial charge in [-0.25, -0.2) is 14.2 Å². The number of ether oxygens (including phenoxy) is 1. The minimum Gasteiger partial charge on any atom is -0.484 e. The summed E-state index contributed by atoms with van der Waals surface area (Å²) >= 11 is 1.84. The standard InChI is InChI=1S/C26H29FN4O4S/c27-17-14-22-24(28-15-17)30(20-10-12-36-13-11-20)26(34)31(25(22)33)19-8-6-18(7-9-19)29-23(32)16-35-21-4-2-1-3-5-21/h1-5,14-15,18-20H,6-13,16H2,(H,29,32). The van der Waals surface area contributed by atoms with E-state index >= 15 is 0 Å². The first kappa shape index (κ1) is 24.5. The lowest BCUT2D eigenvalue weighted by Gasteiger charge is -2.31. The van der Waals surface area contributed by atoms with E-state index in [1.807, 2.05) is 30.0 Å². The second-order valence-electron chi connectivity index (χ2n) is 9.37. The van der Waals surface area contributed by atoms with Gasteiger partial charge in [-0.15, -0.1) is 0 Å². The molecule has 3 aromatic rings. The molecule has 0 atom stereocenters. The Morgan fingerprint density at radius 1 is 1.03 bits per heavy atom. The van der Waals surface area contributed by atoms with Crippen molar-refractivity contribution >= 4 is 28.7 Å². The van der Waals surface area contributed by atoms with E-state index in [-0.39, 0.29) is 47.4 Å². The summed E-state index contributed by atoms with van der Waals surface area (Å²) in [7, 11) is 0. The van der Waals surface area contributed by atoms with Gasteiger partial charge in [-0.2, -0.15) is 11.8 Å². The summed E-state index contributed by atoms with van der Waals surface area (Å²) in [4.78, 5) is 43.5. The number of halogens is 1. The third-order valence-corrected chi connectivity index (χ3v) is 8.07.